The molecule has 0 fully saturated rings. The fourth-order valence-electron chi connectivity index (χ4n) is 2.14. The summed E-state index contributed by atoms with van der Waals surface area (Å²) in [6.45, 7) is 2.05. The lowest BCUT2D eigenvalue weighted by Gasteiger charge is -2.12. The Labute approximate surface area is 122 Å². The molecular formula is C14H19N3O2S. The molecule has 0 atom stereocenters. The molecule has 5 nitrogen and oxygen atoms in total. The molecule has 2 rings (SSSR count). The van der Waals surface area contributed by atoms with Gasteiger partial charge in [-0.05, 0) is 32.1 Å². The van der Waals surface area contributed by atoms with Gasteiger partial charge in [0.25, 0.3) is 5.91 Å². The lowest BCUT2D eigenvalue weighted by molar-refractivity contribution is -0.114. The summed E-state index contributed by atoms with van der Waals surface area (Å²) in [5.74, 6) is -0.371. The minimum atomic E-state index is -0.186. The van der Waals surface area contributed by atoms with E-state index in [0.29, 0.717) is 17.4 Å². The van der Waals surface area contributed by atoms with Gasteiger partial charge in [0.2, 0.25) is 5.91 Å². The van der Waals surface area contributed by atoms with Crippen LogP contribution < -0.4 is 10.6 Å². The molecule has 0 aromatic carbocycles. The number of nitrogens with one attached hydrogen (secondary N) is 2. The van der Waals surface area contributed by atoms with Crippen molar-refractivity contribution in [3.05, 3.63) is 22.7 Å². The number of anilines is 1. The summed E-state index contributed by atoms with van der Waals surface area (Å²) in [5, 5.41) is 7.54. The average molecular weight is 293 g/mol. The molecule has 0 saturated heterocycles. The minimum Gasteiger partial charge on any atom is -0.350 e. The number of amides is 2. The van der Waals surface area contributed by atoms with E-state index in [2.05, 4.69) is 21.7 Å². The molecule has 108 valence electrons. The molecule has 0 bridgehead atoms. The van der Waals surface area contributed by atoms with E-state index in [1.165, 1.54) is 36.7 Å². The maximum Gasteiger partial charge on any atom is 0.270 e. The Morgan fingerprint density at radius 3 is 2.95 bits per heavy atom. The van der Waals surface area contributed by atoms with Crippen molar-refractivity contribution >= 4 is 28.3 Å². The summed E-state index contributed by atoms with van der Waals surface area (Å²) in [6, 6.07) is 0. The highest BCUT2D eigenvalue weighted by Gasteiger charge is 2.11. The number of allylic oxidation sites excluding steroid dienone is 1. The molecule has 0 radical (unpaired) electrons. The highest BCUT2D eigenvalue weighted by Crippen LogP contribution is 2.19. The van der Waals surface area contributed by atoms with Crippen molar-refractivity contribution < 1.29 is 9.59 Å². The van der Waals surface area contributed by atoms with Crippen molar-refractivity contribution in [1.82, 2.24) is 10.3 Å². The second kappa shape index (κ2) is 7.19. The lowest BCUT2D eigenvalue weighted by atomic mass is 9.97. The number of hydrogen-bond donors (Lipinski definition) is 2. The summed E-state index contributed by atoms with van der Waals surface area (Å²) in [5.41, 5.74) is 1.80. The predicted octanol–water partition coefficient (Wildman–Crippen LogP) is 2.72. The first-order valence-corrected chi connectivity index (χ1v) is 7.72. The number of nitrogens with zero attached hydrogens (tertiary/aromatic N) is 1. The van der Waals surface area contributed by atoms with Crippen LogP contribution >= 0.6 is 11.3 Å². The van der Waals surface area contributed by atoms with Crippen LogP contribution in [0.3, 0.4) is 0 Å². The van der Waals surface area contributed by atoms with Gasteiger partial charge in [-0.15, -0.1) is 11.3 Å². The lowest BCUT2D eigenvalue weighted by Crippen LogP contribution is -2.25. The van der Waals surface area contributed by atoms with E-state index in [1.807, 2.05) is 0 Å². The van der Waals surface area contributed by atoms with Crippen molar-refractivity contribution in [2.45, 2.75) is 39.0 Å². The van der Waals surface area contributed by atoms with E-state index in [0.717, 1.165) is 19.3 Å². The SMILES string of the molecule is CC(=O)Nc1nc(C(=O)NCCC2=CCCCC2)cs1. The largest absolute Gasteiger partial charge is 0.350 e. The quantitative estimate of drug-likeness (QED) is 0.820. The van der Waals surface area contributed by atoms with Gasteiger partial charge in [0.05, 0.1) is 0 Å². The third-order valence-corrected chi connectivity index (χ3v) is 3.89. The van der Waals surface area contributed by atoms with Gasteiger partial charge in [0.1, 0.15) is 5.69 Å². The van der Waals surface area contributed by atoms with Gasteiger partial charge in [-0.2, -0.15) is 0 Å². The van der Waals surface area contributed by atoms with Gasteiger partial charge < -0.3 is 10.6 Å². The molecule has 6 heteroatoms. The van der Waals surface area contributed by atoms with E-state index >= 15 is 0 Å². The molecule has 1 aliphatic carbocycles. The Kier molecular flexibility index (Phi) is 5.29. The molecule has 0 unspecified atom stereocenters. The maximum atomic E-state index is 11.9. The maximum absolute atomic E-state index is 11.9. The molecule has 0 spiro atoms. The van der Waals surface area contributed by atoms with E-state index in [-0.39, 0.29) is 11.8 Å². The first-order chi connectivity index (χ1) is 9.65. The number of aromatic nitrogens is 1. The number of rotatable bonds is 5. The topological polar surface area (TPSA) is 71.1 Å². The summed E-state index contributed by atoms with van der Waals surface area (Å²) < 4.78 is 0. The summed E-state index contributed by atoms with van der Waals surface area (Å²) in [4.78, 5) is 26.9. The van der Waals surface area contributed by atoms with Crippen LogP contribution in [0.4, 0.5) is 5.13 Å². The van der Waals surface area contributed by atoms with Crippen molar-refractivity contribution in [2.75, 3.05) is 11.9 Å². The standard InChI is InChI=1S/C14H19N3O2S/c1-10(18)16-14-17-12(9-20-14)13(19)15-8-7-11-5-3-2-4-6-11/h5,9H,2-4,6-8H2,1H3,(H,15,19)(H,16,17,18). The normalized spacial score (nSPS) is 14.6. The van der Waals surface area contributed by atoms with Crippen molar-refractivity contribution in [2.24, 2.45) is 0 Å². The number of carbonyl (C=O) groups is 2. The smallest absolute Gasteiger partial charge is 0.270 e. The van der Waals surface area contributed by atoms with Crippen molar-refractivity contribution in [1.29, 1.82) is 0 Å². The fourth-order valence-corrected chi connectivity index (χ4v) is 2.88. The van der Waals surface area contributed by atoms with E-state index in [9.17, 15) is 9.59 Å². The Hall–Kier alpha value is -1.69. The third kappa shape index (κ3) is 4.45. The van der Waals surface area contributed by atoms with Crippen molar-refractivity contribution in [3.63, 3.8) is 0 Å². The number of thiazole rings is 1. The Morgan fingerprint density at radius 1 is 1.40 bits per heavy atom. The van der Waals surface area contributed by atoms with Crippen LogP contribution in [0.2, 0.25) is 0 Å². The van der Waals surface area contributed by atoms with Crippen LogP contribution in [0, 0.1) is 0 Å². The first-order valence-electron chi connectivity index (χ1n) is 6.84. The Bertz CT molecular complexity index is 522. The number of carbonyl (C=O) groups excluding carboxylic acids is 2. The molecule has 20 heavy (non-hydrogen) atoms. The first kappa shape index (κ1) is 14.7. The highest BCUT2D eigenvalue weighted by molar-refractivity contribution is 7.14. The summed E-state index contributed by atoms with van der Waals surface area (Å²) in [7, 11) is 0. The van der Waals surface area contributed by atoms with E-state index < -0.39 is 0 Å². The van der Waals surface area contributed by atoms with Crippen molar-refractivity contribution in [3.8, 4) is 0 Å². The van der Waals surface area contributed by atoms with Gasteiger partial charge in [0.15, 0.2) is 5.13 Å². The van der Waals surface area contributed by atoms with Crippen LogP contribution in [0.5, 0.6) is 0 Å². The van der Waals surface area contributed by atoms with Gasteiger partial charge in [-0.25, -0.2) is 4.98 Å². The second-order valence-electron chi connectivity index (χ2n) is 4.83. The van der Waals surface area contributed by atoms with Crippen LogP contribution in [-0.4, -0.2) is 23.3 Å². The monoisotopic (exact) mass is 293 g/mol. The van der Waals surface area contributed by atoms with Crippen LogP contribution in [-0.2, 0) is 4.79 Å². The molecular weight excluding hydrogens is 274 g/mol. The molecule has 1 heterocycles. The number of hydrogen-bond acceptors (Lipinski definition) is 4. The Balaban J connectivity index is 1.78. The highest BCUT2D eigenvalue weighted by atomic mass is 32.1. The average Bonchev–Trinajstić information content (AvgIpc) is 2.87. The van der Waals surface area contributed by atoms with Crippen LogP contribution in [0.1, 0.15) is 49.5 Å². The Morgan fingerprint density at radius 2 is 2.25 bits per heavy atom. The molecule has 1 aromatic heterocycles. The predicted molar refractivity (Wildman–Crippen MR) is 79.9 cm³/mol. The zero-order chi connectivity index (χ0) is 14.4. The zero-order valence-corrected chi connectivity index (χ0v) is 12.4. The second-order valence-corrected chi connectivity index (χ2v) is 5.69. The third-order valence-electron chi connectivity index (χ3n) is 3.14. The van der Waals surface area contributed by atoms with Crippen LogP contribution in [0.15, 0.2) is 17.0 Å². The van der Waals surface area contributed by atoms with E-state index in [1.54, 1.807) is 5.38 Å². The minimum absolute atomic E-state index is 0.185. The molecule has 2 N–H and O–H groups in total. The van der Waals surface area contributed by atoms with Gasteiger partial charge in [-0.3, -0.25) is 9.59 Å². The summed E-state index contributed by atoms with van der Waals surface area (Å²) in [6.07, 6.45) is 8.04. The van der Waals surface area contributed by atoms with Gasteiger partial charge >= 0.3 is 0 Å². The fraction of sp³-hybridized carbons (Fsp3) is 0.500. The molecule has 1 aromatic rings. The van der Waals surface area contributed by atoms with Crippen LogP contribution in [0.25, 0.3) is 0 Å². The molecule has 0 saturated carbocycles. The molecule has 0 aliphatic heterocycles. The molecule has 2 amide bonds. The zero-order valence-electron chi connectivity index (χ0n) is 11.6. The van der Waals surface area contributed by atoms with Gasteiger partial charge in [0, 0.05) is 18.8 Å². The summed E-state index contributed by atoms with van der Waals surface area (Å²) >= 11 is 1.25. The van der Waals surface area contributed by atoms with E-state index in [4.69, 9.17) is 0 Å². The molecule has 1 aliphatic rings. The van der Waals surface area contributed by atoms with Gasteiger partial charge in [-0.1, -0.05) is 11.6 Å².